The fraction of sp³-hybridized carbons (Fsp3) is 0. The highest BCUT2D eigenvalue weighted by atomic mass is 32.1. The molecular weight excluding hydrogens is 374 g/mol. The van der Waals surface area contributed by atoms with Crippen LogP contribution in [0.15, 0.2) is 107 Å². The molecule has 5 aromatic heterocycles. The zero-order valence-corrected chi connectivity index (χ0v) is 16.1. The lowest BCUT2D eigenvalue weighted by Gasteiger charge is -1.96. The number of nitrogens with zero attached hydrogens (tertiary/aromatic N) is 4. The van der Waals surface area contributed by atoms with Gasteiger partial charge in [-0.05, 0) is 45.8 Å². The fourth-order valence-electron chi connectivity index (χ4n) is 1.65. The summed E-state index contributed by atoms with van der Waals surface area (Å²) in [5, 5.41) is 17.4. The van der Waals surface area contributed by atoms with E-state index in [-0.39, 0.29) is 0 Å². The van der Waals surface area contributed by atoms with Gasteiger partial charge in [-0.2, -0.15) is 22.7 Å². The number of aromatic nitrogens is 5. The van der Waals surface area contributed by atoms with Crippen molar-refractivity contribution in [1.29, 1.82) is 0 Å². The molecule has 136 valence electrons. The molecule has 0 saturated carbocycles. The van der Waals surface area contributed by atoms with Crippen molar-refractivity contribution in [3.63, 3.8) is 0 Å². The summed E-state index contributed by atoms with van der Waals surface area (Å²) in [7, 11) is 0. The van der Waals surface area contributed by atoms with E-state index in [1.165, 1.54) is 0 Å². The Morgan fingerprint density at radius 2 is 1.11 bits per heavy atom. The van der Waals surface area contributed by atoms with Crippen molar-refractivity contribution >= 4 is 22.7 Å². The highest BCUT2D eigenvalue weighted by Crippen LogP contribution is 2.10. The van der Waals surface area contributed by atoms with Gasteiger partial charge >= 0.3 is 0 Å². The smallest absolute Gasteiger partial charge is 0.0886 e. The lowest BCUT2D eigenvalue weighted by atomic mass is 10.2. The number of nitrogens with one attached hydrogen (secondary N) is 1. The number of pyridine rings is 2. The summed E-state index contributed by atoms with van der Waals surface area (Å²) in [5.41, 5.74) is 1.83. The highest BCUT2D eigenvalue weighted by Gasteiger charge is 1.95. The number of aromatic amines is 1. The average Bonchev–Trinajstić information content (AvgIpc) is 3.56. The van der Waals surface area contributed by atoms with E-state index in [9.17, 15) is 0 Å². The Morgan fingerprint density at radius 3 is 1.33 bits per heavy atom. The number of rotatable bonds is 1. The van der Waals surface area contributed by atoms with Gasteiger partial charge < -0.3 is 0 Å². The second-order valence-electron chi connectivity index (χ2n) is 4.68. The minimum Gasteiger partial charge on any atom is -0.266 e. The molecule has 0 aromatic carbocycles. The lowest BCUT2D eigenvalue weighted by Crippen LogP contribution is -1.83. The first-order valence-electron chi connectivity index (χ1n) is 8.04. The Kier molecular flexibility index (Phi) is 10.5. The lowest BCUT2D eigenvalue weighted by molar-refractivity contribution is 0.940. The number of H-pyrrole nitrogens is 1. The van der Waals surface area contributed by atoms with Gasteiger partial charge in [-0.25, -0.2) is 0 Å². The van der Waals surface area contributed by atoms with Crippen LogP contribution in [-0.2, 0) is 0 Å². The van der Waals surface area contributed by atoms with E-state index in [1.54, 1.807) is 47.5 Å². The van der Waals surface area contributed by atoms with Crippen molar-refractivity contribution < 1.29 is 0 Å². The highest BCUT2D eigenvalue weighted by molar-refractivity contribution is 7.08. The fourth-order valence-corrected chi connectivity index (χ4v) is 2.56. The summed E-state index contributed by atoms with van der Waals surface area (Å²) in [5.74, 6) is 0. The van der Waals surface area contributed by atoms with Crippen LogP contribution >= 0.6 is 22.7 Å². The van der Waals surface area contributed by atoms with Crippen molar-refractivity contribution in [2.45, 2.75) is 0 Å². The normalized spacial score (nSPS) is 8.74. The molecule has 27 heavy (non-hydrogen) atoms. The Hall–Kier alpha value is -3.16. The van der Waals surface area contributed by atoms with Crippen LogP contribution < -0.4 is 0 Å². The quantitative estimate of drug-likeness (QED) is 0.411. The summed E-state index contributed by atoms with van der Waals surface area (Å²) in [6.07, 6.45) is 6.77. The molecule has 0 aliphatic carbocycles. The van der Waals surface area contributed by atoms with Gasteiger partial charge in [0, 0.05) is 18.6 Å². The van der Waals surface area contributed by atoms with Gasteiger partial charge in [0.2, 0.25) is 0 Å². The van der Waals surface area contributed by atoms with Gasteiger partial charge in [0.15, 0.2) is 0 Å². The summed E-state index contributed by atoms with van der Waals surface area (Å²) >= 11 is 3.43. The second kappa shape index (κ2) is 14.1. The maximum absolute atomic E-state index is 4.19. The van der Waals surface area contributed by atoms with Crippen molar-refractivity contribution in [3.8, 4) is 11.4 Å². The van der Waals surface area contributed by atoms with Crippen LogP contribution in [0.2, 0.25) is 0 Å². The van der Waals surface area contributed by atoms with Crippen LogP contribution in [0.25, 0.3) is 11.4 Å². The molecule has 0 atom stereocenters. The molecule has 5 aromatic rings. The number of hydrogen-bond acceptors (Lipinski definition) is 6. The molecule has 0 amide bonds. The van der Waals surface area contributed by atoms with Gasteiger partial charge in [0.05, 0.1) is 17.6 Å². The Bertz CT molecular complexity index is 711. The summed E-state index contributed by atoms with van der Waals surface area (Å²) < 4.78 is 0. The molecule has 0 aliphatic rings. The van der Waals surface area contributed by atoms with Gasteiger partial charge in [0.1, 0.15) is 0 Å². The average molecular weight is 394 g/mol. The monoisotopic (exact) mass is 393 g/mol. The Balaban J connectivity index is 0.000000145. The largest absolute Gasteiger partial charge is 0.266 e. The maximum atomic E-state index is 4.19. The molecule has 0 saturated heterocycles. The van der Waals surface area contributed by atoms with Crippen molar-refractivity contribution in [1.82, 2.24) is 25.4 Å². The van der Waals surface area contributed by atoms with E-state index < -0.39 is 0 Å². The predicted octanol–water partition coefficient (Wildman–Crippen LogP) is 5.44. The van der Waals surface area contributed by atoms with E-state index >= 15 is 0 Å². The standard InChI is InChI=1S/C10H8N2.2C4H4S.C2H3N3/c1-3-7-11-9(5-1)10-6-2-4-8-12-10;3*1-2-4-5-3-1/h1-8H;2*1-4H;1-2H,(H,3,4,5). The molecule has 0 fully saturated rings. The SMILES string of the molecule is c1c[nH]nn1.c1ccc(-c2ccccn2)nc1.c1ccsc1.c1ccsc1. The minimum absolute atomic E-state index is 0.915. The topological polar surface area (TPSA) is 67.3 Å². The summed E-state index contributed by atoms with van der Waals surface area (Å²) in [4.78, 5) is 8.37. The molecule has 5 rings (SSSR count). The third kappa shape index (κ3) is 9.78. The Labute approximate surface area is 166 Å². The molecule has 0 aliphatic heterocycles. The van der Waals surface area contributed by atoms with E-state index in [0.717, 1.165) is 11.4 Å². The van der Waals surface area contributed by atoms with Gasteiger partial charge in [-0.3, -0.25) is 15.1 Å². The molecule has 5 nitrogen and oxygen atoms in total. The first kappa shape index (κ1) is 20.2. The van der Waals surface area contributed by atoms with Crippen molar-refractivity contribution in [2.24, 2.45) is 0 Å². The summed E-state index contributed by atoms with van der Waals surface area (Å²) in [6, 6.07) is 19.7. The van der Waals surface area contributed by atoms with Crippen LogP contribution in [0.1, 0.15) is 0 Å². The molecule has 1 N–H and O–H groups in total. The van der Waals surface area contributed by atoms with Crippen LogP contribution in [0.3, 0.4) is 0 Å². The first-order valence-corrected chi connectivity index (χ1v) is 9.92. The van der Waals surface area contributed by atoms with Crippen LogP contribution in [0.4, 0.5) is 0 Å². The van der Waals surface area contributed by atoms with Crippen LogP contribution in [-0.4, -0.2) is 25.4 Å². The maximum Gasteiger partial charge on any atom is 0.0886 e. The van der Waals surface area contributed by atoms with Crippen molar-refractivity contribution in [3.05, 3.63) is 107 Å². The minimum atomic E-state index is 0.915. The van der Waals surface area contributed by atoms with Crippen molar-refractivity contribution in [2.75, 3.05) is 0 Å². The molecule has 0 unspecified atom stereocenters. The summed E-state index contributed by atoms with van der Waals surface area (Å²) in [6.45, 7) is 0. The second-order valence-corrected chi connectivity index (χ2v) is 6.31. The Morgan fingerprint density at radius 1 is 0.593 bits per heavy atom. The van der Waals surface area contributed by atoms with Gasteiger partial charge in [0.25, 0.3) is 0 Å². The van der Waals surface area contributed by atoms with E-state index in [2.05, 4.69) is 25.4 Å². The van der Waals surface area contributed by atoms with E-state index in [0.29, 0.717) is 0 Å². The zero-order chi connectivity index (χ0) is 18.8. The van der Waals surface area contributed by atoms with Gasteiger partial charge in [-0.1, -0.05) is 41.6 Å². The van der Waals surface area contributed by atoms with Gasteiger partial charge in [-0.15, -0.1) is 5.10 Å². The molecule has 7 heteroatoms. The van der Waals surface area contributed by atoms with E-state index in [1.807, 2.05) is 82.2 Å². The number of hydrogen-bond donors (Lipinski definition) is 1. The third-order valence-corrected chi connectivity index (χ3v) is 4.03. The van der Waals surface area contributed by atoms with Crippen LogP contribution in [0, 0.1) is 0 Å². The van der Waals surface area contributed by atoms with E-state index in [4.69, 9.17) is 0 Å². The predicted molar refractivity (Wildman–Crippen MR) is 112 cm³/mol. The zero-order valence-electron chi connectivity index (χ0n) is 14.5. The molecule has 5 heterocycles. The van der Waals surface area contributed by atoms with Crippen LogP contribution in [0.5, 0.6) is 0 Å². The molecule has 0 spiro atoms. The molecule has 0 radical (unpaired) electrons. The number of thiophene rings is 2. The molecular formula is C20H19N5S2. The first-order chi connectivity index (χ1) is 13.5. The third-order valence-electron chi connectivity index (χ3n) is 2.77. The molecule has 0 bridgehead atoms.